The Balaban J connectivity index is 2.01. The van der Waals surface area contributed by atoms with E-state index in [0.29, 0.717) is 18.0 Å². The largest absolute Gasteiger partial charge is 0.404 e. The summed E-state index contributed by atoms with van der Waals surface area (Å²) in [6, 6.07) is 5.25. The van der Waals surface area contributed by atoms with E-state index in [1.54, 1.807) is 30.1 Å². The molecule has 0 aliphatic carbocycles. The number of aryl methyl sites for hydroxylation is 2. The molecule has 0 atom stereocenters. The van der Waals surface area contributed by atoms with Crippen LogP contribution in [0.5, 0.6) is 5.88 Å². The van der Waals surface area contributed by atoms with E-state index in [9.17, 15) is 9.59 Å². The van der Waals surface area contributed by atoms with Crippen LogP contribution in [0.25, 0.3) is 0 Å². The molecule has 0 spiro atoms. The lowest BCUT2D eigenvalue weighted by Crippen LogP contribution is -2.24. The first-order valence-corrected chi connectivity index (χ1v) is 10.9. The monoisotopic (exact) mass is 420 g/mol. The molecule has 0 N–H and O–H groups in total. The number of ether oxygens (including phenoxy) is 1. The summed E-state index contributed by atoms with van der Waals surface area (Å²) in [5, 5.41) is 11.8. The zero-order chi connectivity index (χ0) is 20.3. The lowest BCUT2D eigenvalue weighted by atomic mass is 10.1. The van der Waals surface area contributed by atoms with Crippen LogP contribution in [0.1, 0.15) is 22.8 Å². The van der Waals surface area contributed by atoms with E-state index in [1.165, 1.54) is 32.9 Å². The number of carbonyl (C=O) groups excluding carboxylic acids is 1. The second kappa shape index (κ2) is 8.65. The van der Waals surface area contributed by atoms with E-state index in [0.717, 1.165) is 15.4 Å². The van der Waals surface area contributed by atoms with E-state index in [2.05, 4.69) is 15.5 Å². The Kier molecular flexibility index (Phi) is 6.25. The SMILES string of the molecule is CCn1nccc1OC(=O)c1ccc(SC)c(Cn2nnn(C)c2=O)c1SC. The van der Waals surface area contributed by atoms with Crippen molar-refractivity contribution in [1.29, 1.82) is 0 Å². The fourth-order valence-electron chi connectivity index (χ4n) is 2.74. The van der Waals surface area contributed by atoms with Crippen molar-refractivity contribution in [2.24, 2.45) is 7.05 Å². The second-order valence-corrected chi connectivity index (χ2v) is 7.41. The highest BCUT2D eigenvalue weighted by molar-refractivity contribution is 7.99. The van der Waals surface area contributed by atoms with Crippen LogP contribution in [0.2, 0.25) is 0 Å². The zero-order valence-electron chi connectivity index (χ0n) is 15.9. The summed E-state index contributed by atoms with van der Waals surface area (Å²) in [4.78, 5) is 26.7. The molecule has 0 bridgehead atoms. The standard InChI is InChI=1S/C17H20N6O3S2/c1-5-22-14(8-9-18-22)26-16(24)11-6-7-13(27-3)12(15(11)28-4)10-23-17(25)21(2)19-20-23/h6-9H,5,10H2,1-4H3. The number of aromatic nitrogens is 6. The van der Waals surface area contributed by atoms with Crippen LogP contribution in [0.3, 0.4) is 0 Å². The molecule has 2 heterocycles. The number of rotatable bonds is 7. The molecule has 0 fully saturated rings. The van der Waals surface area contributed by atoms with E-state index in [-0.39, 0.29) is 12.2 Å². The third-order valence-electron chi connectivity index (χ3n) is 4.12. The van der Waals surface area contributed by atoms with E-state index in [1.807, 2.05) is 25.5 Å². The summed E-state index contributed by atoms with van der Waals surface area (Å²) in [5.41, 5.74) is 0.945. The van der Waals surface area contributed by atoms with Crippen molar-refractivity contribution in [2.75, 3.05) is 12.5 Å². The summed E-state index contributed by atoms with van der Waals surface area (Å²) in [6.45, 7) is 2.73. The molecule has 11 heteroatoms. The highest BCUT2D eigenvalue weighted by Gasteiger charge is 2.21. The minimum Gasteiger partial charge on any atom is -0.404 e. The third kappa shape index (κ3) is 3.85. The number of benzene rings is 1. The smallest absolute Gasteiger partial charge is 0.363 e. The lowest BCUT2D eigenvalue weighted by molar-refractivity contribution is 0.0714. The van der Waals surface area contributed by atoms with Gasteiger partial charge >= 0.3 is 11.7 Å². The Morgan fingerprint density at radius 1 is 1.14 bits per heavy atom. The van der Waals surface area contributed by atoms with Gasteiger partial charge in [-0.15, -0.1) is 23.5 Å². The number of nitrogens with zero attached hydrogens (tertiary/aromatic N) is 6. The van der Waals surface area contributed by atoms with E-state index < -0.39 is 5.97 Å². The zero-order valence-corrected chi connectivity index (χ0v) is 17.6. The van der Waals surface area contributed by atoms with Crippen LogP contribution in [-0.4, -0.2) is 48.1 Å². The normalized spacial score (nSPS) is 11.0. The van der Waals surface area contributed by atoms with Crippen LogP contribution < -0.4 is 10.4 Å². The van der Waals surface area contributed by atoms with Crippen LogP contribution in [-0.2, 0) is 20.1 Å². The summed E-state index contributed by atoms with van der Waals surface area (Å²) in [6.07, 6.45) is 5.42. The van der Waals surface area contributed by atoms with Gasteiger partial charge in [-0.3, -0.25) is 0 Å². The molecule has 0 aliphatic heterocycles. The Morgan fingerprint density at radius 3 is 2.54 bits per heavy atom. The minimum atomic E-state index is -0.472. The predicted octanol–water partition coefficient (Wildman–Crippen LogP) is 1.90. The Bertz CT molecular complexity index is 1060. The molecule has 0 radical (unpaired) electrons. The van der Waals surface area contributed by atoms with Crippen molar-refractivity contribution >= 4 is 29.5 Å². The second-order valence-electron chi connectivity index (χ2n) is 5.74. The third-order valence-corrected chi connectivity index (χ3v) is 5.82. The molecular formula is C17H20N6O3S2. The van der Waals surface area contributed by atoms with Crippen molar-refractivity contribution in [3.05, 3.63) is 46.0 Å². The molecule has 148 valence electrons. The fraction of sp³-hybridized carbons (Fsp3) is 0.353. The average Bonchev–Trinajstić information content (AvgIpc) is 3.28. The van der Waals surface area contributed by atoms with Crippen molar-refractivity contribution in [3.63, 3.8) is 0 Å². The van der Waals surface area contributed by atoms with E-state index in [4.69, 9.17) is 4.74 Å². The number of hydrogen-bond donors (Lipinski definition) is 0. The molecule has 1 aromatic carbocycles. The van der Waals surface area contributed by atoms with Crippen molar-refractivity contribution in [1.82, 2.24) is 29.6 Å². The van der Waals surface area contributed by atoms with Gasteiger partial charge in [0.15, 0.2) is 0 Å². The summed E-state index contributed by atoms with van der Waals surface area (Å²) < 4.78 is 9.60. The molecular weight excluding hydrogens is 400 g/mol. The summed E-state index contributed by atoms with van der Waals surface area (Å²) >= 11 is 2.97. The molecule has 0 saturated heterocycles. The van der Waals surface area contributed by atoms with Gasteiger partial charge in [-0.2, -0.15) is 14.5 Å². The fourth-order valence-corrected chi connectivity index (χ4v) is 4.21. The Labute approximate surface area is 170 Å². The first kappa shape index (κ1) is 20.2. The molecule has 3 aromatic rings. The van der Waals surface area contributed by atoms with Gasteiger partial charge < -0.3 is 4.74 Å². The van der Waals surface area contributed by atoms with Crippen molar-refractivity contribution < 1.29 is 9.53 Å². The maximum Gasteiger partial charge on any atom is 0.363 e. The number of thioether (sulfide) groups is 2. The molecule has 9 nitrogen and oxygen atoms in total. The molecule has 0 saturated carbocycles. The minimum absolute atomic E-state index is 0.215. The van der Waals surface area contributed by atoms with Gasteiger partial charge in [0, 0.05) is 35.0 Å². The first-order chi connectivity index (χ1) is 13.5. The Hall–Kier alpha value is -2.53. The summed E-state index contributed by atoms with van der Waals surface area (Å²) in [5.74, 6) is -0.0832. The number of hydrogen-bond acceptors (Lipinski definition) is 8. The number of esters is 1. The highest BCUT2D eigenvalue weighted by Crippen LogP contribution is 2.33. The molecule has 0 aliphatic rings. The maximum atomic E-state index is 12.9. The van der Waals surface area contributed by atoms with Gasteiger partial charge in [0.25, 0.3) is 0 Å². The number of carbonyl (C=O) groups is 1. The van der Waals surface area contributed by atoms with Crippen molar-refractivity contribution in [2.45, 2.75) is 29.8 Å². The van der Waals surface area contributed by atoms with Crippen LogP contribution in [0, 0.1) is 0 Å². The highest BCUT2D eigenvalue weighted by atomic mass is 32.2. The lowest BCUT2D eigenvalue weighted by Gasteiger charge is -2.15. The van der Waals surface area contributed by atoms with Gasteiger partial charge in [-0.05, 0) is 42.0 Å². The average molecular weight is 421 g/mol. The van der Waals surface area contributed by atoms with Gasteiger partial charge in [0.05, 0.1) is 18.3 Å². The molecule has 2 aromatic heterocycles. The van der Waals surface area contributed by atoms with Gasteiger partial charge in [-0.25, -0.2) is 14.3 Å². The number of tetrazole rings is 1. The molecule has 0 amide bonds. The van der Waals surface area contributed by atoms with Crippen LogP contribution >= 0.6 is 23.5 Å². The van der Waals surface area contributed by atoms with Gasteiger partial charge in [0.2, 0.25) is 5.88 Å². The van der Waals surface area contributed by atoms with Crippen LogP contribution in [0.15, 0.2) is 39.0 Å². The van der Waals surface area contributed by atoms with Gasteiger partial charge in [-0.1, -0.05) is 0 Å². The molecule has 28 heavy (non-hydrogen) atoms. The molecule has 0 unspecified atom stereocenters. The van der Waals surface area contributed by atoms with Gasteiger partial charge in [0.1, 0.15) is 0 Å². The predicted molar refractivity (Wildman–Crippen MR) is 107 cm³/mol. The maximum absolute atomic E-state index is 12.9. The van der Waals surface area contributed by atoms with Crippen molar-refractivity contribution in [3.8, 4) is 5.88 Å². The topological polar surface area (TPSA) is 96.8 Å². The Morgan fingerprint density at radius 2 is 1.93 bits per heavy atom. The quantitative estimate of drug-likeness (QED) is 0.422. The van der Waals surface area contributed by atoms with E-state index >= 15 is 0 Å². The van der Waals surface area contributed by atoms with Crippen LogP contribution in [0.4, 0.5) is 0 Å². The first-order valence-electron chi connectivity index (χ1n) is 8.44. The summed E-state index contributed by atoms with van der Waals surface area (Å²) in [7, 11) is 1.54. The molecule has 3 rings (SSSR count).